The highest BCUT2D eigenvalue weighted by Gasteiger charge is 2.27. The highest BCUT2D eigenvalue weighted by Crippen LogP contribution is 2.39. The standard InChI is InChI=1S/C19H24N2O6S2/c1-20(7-9-22)28(24,25)16-3-5-18-14(12-16)11-15-13-17(4-6-19(15)18)29(26,27)21(2)8-10-23/h3-6,12-13,22-23H,7-11H2,1-2H3. The van der Waals surface area contributed by atoms with Crippen molar-refractivity contribution in [3.63, 3.8) is 0 Å². The van der Waals surface area contributed by atoms with Gasteiger partial charge in [-0.3, -0.25) is 0 Å². The van der Waals surface area contributed by atoms with Gasteiger partial charge in [0.1, 0.15) is 0 Å². The summed E-state index contributed by atoms with van der Waals surface area (Å²) in [5.41, 5.74) is 3.35. The number of likely N-dealkylation sites (N-methyl/N-ethyl adjacent to an activating group) is 2. The van der Waals surface area contributed by atoms with E-state index in [-0.39, 0.29) is 36.1 Å². The summed E-state index contributed by atoms with van der Waals surface area (Å²) in [6.45, 7) is -0.535. The van der Waals surface area contributed by atoms with Gasteiger partial charge in [0.05, 0.1) is 23.0 Å². The third kappa shape index (κ3) is 3.96. The Labute approximate surface area is 171 Å². The maximum Gasteiger partial charge on any atom is 0.242 e. The summed E-state index contributed by atoms with van der Waals surface area (Å²) in [4.78, 5) is 0.270. The van der Waals surface area contributed by atoms with Gasteiger partial charge in [0.25, 0.3) is 0 Å². The fourth-order valence-electron chi connectivity index (χ4n) is 3.37. The molecule has 0 aromatic heterocycles. The van der Waals surface area contributed by atoms with Crippen LogP contribution in [0.1, 0.15) is 11.1 Å². The van der Waals surface area contributed by atoms with E-state index in [1.165, 1.54) is 26.2 Å². The first-order chi connectivity index (χ1) is 13.6. The average Bonchev–Trinajstić information content (AvgIpc) is 3.05. The molecule has 0 fully saturated rings. The van der Waals surface area contributed by atoms with Crippen LogP contribution in [0.5, 0.6) is 0 Å². The highest BCUT2D eigenvalue weighted by atomic mass is 32.2. The van der Waals surface area contributed by atoms with E-state index in [1.807, 2.05) is 0 Å². The molecule has 2 N–H and O–H groups in total. The summed E-state index contributed by atoms with van der Waals surface area (Å²) in [6.07, 6.45) is 0.421. The number of aliphatic hydroxyl groups excluding tert-OH is 2. The van der Waals surface area contributed by atoms with E-state index >= 15 is 0 Å². The molecule has 0 saturated heterocycles. The van der Waals surface area contributed by atoms with Gasteiger partial charge in [-0.15, -0.1) is 0 Å². The van der Waals surface area contributed by atoms with Crippen molar-refractivity contribution in [1.82, 2.24) is 8.61 Å². The lowest BCUT2D eigenvalue weighted by Crippen LogP contribution is -2.29. The van der Waals surface area contributed by atoms with E-state index in [0.29, 0.717) is 6.42 Å². The van der Waals surface area contributed by atoms with Crippen LogP contribution in [0.2, 0.25) is 0 Å². The molecule has 0 unspecified atom stereocenters. The number of hydrogen-bond acceptors (Lipinski definition) is 6. The van der Waals surface area contributed by atoms with Gasteiger partial charge in [-0.1, -0.05) is 12.1 Å². The molecule has 3 rings (SSSR count). The monoisotopic (exact) mass is 440 g/mol. The molecule has 10 heteroatoms. The summed E-state index contributed by atoms with van der Waals surface area (Å²) in [6, 6.07) is 9.71. The topological polar surface area (TPSA) is 115 Å². The molecular formula is C19H24N2O6S2. The molecule has 0 atom stereocenters. The third-order valence-electron chi connectivity index (χ3n) is 5.07. The predicted octanol–water partition coefficient (Wildman–Crippen LogP) is 0.483. The first-order valence-electron chi connectivity index (χ1n) is 9.03. The number of aliphatic hydroxyl groups is 2. The van der Waals surface area contributed by atoms with Crippen LogP contribution in [-0.2, 0) is 26.5 Å². The van der Waals surface area contributed by atoms with E-state index in [1.54, 1.807) is 24.3 Å². The lowest BCUT2D eigenvalue weighted by molar-refractivity contribution is 0.266. The Morgan fingerprint density at radius 3 is 1.48 bits per heavy atom. The Hall–Kier alpha value is -1.82. The smallest absolute Gasteiger partial charge is 0.242 e. The first kappa shape index (κ1) is 21.9. The summed E-state index contributed by atoms with van der Waals surface area (Å²) < 4.78 is 52.7. The quantitative estimate of drug-likeness (QED) is 0.527. The van der Waals surface area contributed by atoms with Crippen LogP contribution in [0.25, 0.3) is 11.1 Å². The van der Waals surface area contributed by atoms with Gasteiger partial charge in [-0.25, -0.2) is 16.8 Å². The molecule has 0 radical (unpaired) electrons. The highest BCUT2D eigenvalue weighted by molar-refractivity contribution is 7.89. The molecule has 0 heterocycles. The van der Waals surface area contributed by atoms with Crippen molar-refractivity contribution >= 4 is 20.0 Å². The van der Waals surface area contributed by atoms with Gasteiger partial charge < -0.3 is 10.2 Å². The number of hydrogen-bond donors (Lipinski definition) is 2. The van der Waals surface area contributed by atoms with Crippen molar-refractivity contribution in [3.05, 3.63) is 47.5 Å². The van der Waals surface area contributed by atoms with E-state index < -0.39 is 20.0 Å². The normalized spacial score (nSPS) is 13.7. The van der Waals surface area contributed by atoms with Gasteiger partial charge in [0.15, 0.2) is 0 Å². The number of nitrogens with zero attached hydrogens (tertiary/aromatic N) is 2. The van der Waals surface area contributed by atoms with Crippen LogP contribution in [0, 0.1) is 0 Å². The summed E-state index contributed by atoms with van der Waals surface area (Å²) in [5.74, 6) is 0. The number of sulfonamides is 2. The minimum Gasteiger partial charge on any atom is -0.395 e. The SMILES string of the molecule is CN(CCO)S(=O)(=O)c1ccc2c(c1)Cc1cc(S(=O)(=O)N(C)CCO)ccc1-2. The Bertz CT molecular complexity index is 1040. The lowest BCUT2D eigenvalue weighted by atomic mass is 10.1. The zero-order valence-corrected chi connectivity index (χ0v) is 17.9. The second-order valence-electron chi connectivity index (χ2n) is 6.92. The lowest BCUT2D eigenvalue weighted by Gasteiger charge is -2.16. The molecular weight excluding hydrogens is 416 g/mol. The molecule has 0 aliphatic heterocycles. The van der Waals surface area contributed by atoms with Gasteiger partial charge in [-0.2, -0.15) is 8.61 Å². The number of rotatable bonds is 8. The van der Waals surface area contributed by atoms with Gasteiger partial charge >= 0.3 is 0 Å². The fraction of sp³-hybridized carbons (Fsp3) is 0.368. The van der Waals surface area contributed by atoms with Crippen molar-refractivity contribution in [2.45, 2.75) is 16.2 Å². The van der Waals surface area contributed by atoms with E-state index in [4.69, 9.17) is 10.2 Å². The van der Waals surface area contributed by atoms with Crippen molar-refractivity contribution in [3.8, 4) is 11.1 Å². The van der Waals surface area contributed by atoms with Crippen LogP contribution in [0.15, 0.2) is 46.2 Å². The van der Waals surface area contributed by atoms with Crippen molar-refractivity contribution in [2.24, 2.45) is 0 Å². The van der Waals surface area contributed by atoms with E-state index in [2.05, 4.69) is 0 Å². The molecule has 0 spiro atoms. The van der Waals surface area contributed by atoms with Gasteiger partial charge in [0.2, 0.25) is 20.0 Å². The Kier molecular flexibility index (Phi) is 6.13. The molecule has 158 valence electrons. The van der Waals surface area contributed by atoms with Crippen LogP contribution < -0.4 is 0 Å². The Balaban J connectivity index is 1.96. The van der Waals surface area contributed by atoms with Crippen LogP contribution in [0.3, 0.4) is 0 Å². The molecule has 1 aliphatic rings. The minimum atomic E-state index is -3.71. The summed E-state index contributed by atoms with van der Waals surface area (Å²) in [5, 5.41) is 18.0. The Morgan fingerprint density at radius 2 is 1.14 bits per heavy atom. The maximum atomic E-state index is 12.6. The third-order valence-corrected chi connectivity index (χ3v) is 8.78. The zero-order chi connectivity index (χ0) is 21.4. The Morgan fingerprint density at radius 1 is 0.759 bits per heavy atom. The molecule has 8 nitrogen and oxygen atoms in total. The molecule has 29 heavy (non-hydrogen) atoms. The van der Waals surface area contributed by atoms with Gasteiger partial charge in [-0.05, 0) is 52.9 Å². The van der Waals surface area contributed by atoms with E-state index in [9.17, 15) is 16.8 Å². The van der Waals surface area contributed by atoms with Crippen molar-refractivity contribution < 1.29 is 27.0 Å². The molecule has 2 aromatic carbocycles. The largest absolute Gasteiger partial charge is 0.395 e. The second-order valence-corrected chi connectivity index (χ2v) is 11.0. The zero-order valence-electron chi connectivity index (χ0n) is 16.2. The van der Waals surface area contributed by atoms with E-state index in [0.717, 1.165) is 30.9 Å². The molecule has 0 amide bonds. The first-order valence-corrected chi connectivity index (χ1v) is 11.9. The summed E-state index contributed by atoms with van der Waals surface area (Å²) in [7, 11) is -4.60. The van der Waals surface area contributed by atoms with Crippen LogP contribution >= 0.6 is 0 Å². The minimum absolute atomic E-state index is 0.00220. The fourth-order valence-corrected chi connectivity index (χ4v) is 5.79. The average molecular weight is 441 g/mol. The molecule has 0 bridgehead atoms. The van der Waals surface area contributed by atoms with Gasteiger partial charge in [0, 0.05) is 27.2 Å². The molecule has 1 aliphatic carbocycles. The van der Waals surface area contributed by atoms with Crippen LogP contribution in [-0.4, -0.2) is 76.1 Å². The van der Waals surface area contributed by atoms with Crippen molar-refractivity contribution in [2.75, 3.05) is 40.4 Å². The molecule has 2 aromatic rings. The second kappa shape index (κ2) is 8.13. The number of fused-ring (bicyclic) bond motifs is 3. The predicted molar refractivity (Wildman–Crippen MR) is 108 cm³/mol. The van der Waals surface area contributed by atoms with Crippen LogP contribution in [0.4, 0.5) is 0 Å². The number of benzene rings is 2. The van der Waals surface area contributed by atoms with Crippen molar-refractivity contribution in [1.29, 1.82) is 0 Å². The summed E-state index contributed by atoms with van der Waals surface area (Å²) >= 11 is 0. The molecule has 0 saturated carbocycles. The maximum absolute atomic E-state index is 12.6.